The predicted octanol–water partition coefficient (Wildman–Crippen LogP) is 1.52. The van der Waals surface area contributed by atoms with E-state index >= 15 is 0 Å². The Morgan fingerprint density at radius 3 is 2.00 bits per heavy atom. The lowest BCUT2D eigenvalue weighted by Crippen LogP contribution is -2.28. The summed E-state index contributed by atoms with van der Waals surface area (Å²) in [6.07, 6.45) is 7.07. The highest BCUT2D eigenvalue weighted by Gasteiger charge is 2.31. The average molecular weight is 125 g/mol. The molecule has 2 fully saturated rings. The summed E-state index contributed by atoms with van der Waals surface area (Å²) in [4.78, 5) is 0. The minimum atomic E-state index is 0.552. The van der Waals surface area contributed by atoms with Gasteiger partial charge in [-0.15, -0.1) is 0 Å². The van der Waals surface area contributed by atoms with Crippen molar-refractivity contribution < 1.29 is 0 Å². The molecule has 2 N–H and O–H groups in total. The van der Waals surface area contributed by atoms with E-state index in [1.807, 2.05) is 0 Å². The summed E-state index contributed by atoms with van der Waals surface area (Å²) < 4.78 is 0. The quantitative estimate of drug-likeness (QED) is 0.522. The van der Waals surface area contributed by atoms with E-state index in [9.17, 15) is 0 Å². The molecule has 0 aromatic rings. The Kier molecular flexibility index (Phi) is 1.26. The van der Waals surface area contributed by atoms with Gasteiger partial charge in [0.15, 0.2) is 0 Å². The highest BCUT2D eigenvalue weighted by Crippen LogP contribution is 2.41. The van der Waals surface area contributed by atoms with Crippen LogP contribution in [0.3, 0.4) is 0 Å². The van der Waals surface area contributed by atoms with Gasteiger partial charge in [-0.2, -0.15) is 0 Å². The zero-order valence-electron chi connectivity index (χ0n) is 5.84. The van der Waals surface area contributed by atoms with E-state index < -0.39 is 0 Å². The minimum Gasteiger partial charge on any atom is -0.328 e. The smallest absolute Gasteiger partial charge is 0.00441 e. The molecule has 52 valence electrons. The van der Waals surface area contributed by atoms with Crippen LogP contribution in [0.15, 0.2) is 0 Å². The number of nitrogens with two attached hydrogens (primary N) is 1. The van der Waals surface area contributed by atoms with Crippen LogP contribution in [-0.2, 0) is 0 Å². The Bertz CT molecular complexity index is 99.1. The Morgan fingerprint density at radius 1 is 0.889 bits per heavy atom. The molecule has 2 aliphatic carbocycles. The van der Waals surface area contributed by atoms with Crippen LogP contribution in [0.5, 0.6) is 0 Å². The molecule has 2 unspecified atom stereocenters. The Hall–Kier alpha value is -0.0400. The van der Waals surface area contributed by atoms with E-state index in [-0.39, 0.29) is 0 Å². The van der Waals surface area contributed by atoms with Crippen LogP contribution in [0.1, 0.15) is 32.1 Å². The molecule has 2 aliphatic rings. The second-order valence-corrected chi connectivity index (χ2v) is 3.78. The van der Waals surface area contributed by atoms with Crippen LogP contribution in [0.2, 0.25) is 0 Å². The number of rotatable bonds is 0. The van der Waals surface area contributed by atoms with Crippen molar-refractivity contribution >= 4 is 0 Å². The van der Waals surface area contributed by atoms with Crippen molar-refractivity contribution in [1.29, 1.82) is 0 Å². The molecule has 0 spiro atoms. The van der Waals surface area contributed by atoms with Gasteiger partial charge in [0.2, 0.25) is 0 Å². The molecule has 2 atom stereocenters. The van der Waals surface area contributed by atoms with Crippen molar-refractivity contribution in [3.8, 4) is 0 Å². The van der Waals surface area contributed by atoms with Gasteiger partial charge in [0.25, 0.3) is 0 Å². The van der Waals surface area contributed by atoms with Crippen molar-refractivity contribution in [2.45, 2.75) is 38.1 Å². The van der Waals surface area contributed by atoms with Gasteiger partial charge in [-0.3, -0.25) is 0 Å². The summed E-state index contributed by atoms with van der Waals surface area (Å²) in [5, 5.41) is 0. The van der Waals surface area contributed by atoms with E-state index in [1.165, 1.54) is 32.1 Å². The second kappa shape index (κ2) is 1.98. The third-order valence-electron chi connectivity index (χ3n) is 2.92. The Balaban J connectivity index is 2.03. The van der Waals surface area contributed by atoms with Gasteiger partial charge < -0.3 is 5.73 Å². The molecule has 9 heavy (non-hydrogen) atoms. The summed E-state index contributed by atoms with van der Waals surface area (Å²) in [6, 6.07) is 0.552. The zero-order chi connectivity index (χ0) is 6.27. The van der Waals surface area contributed by atoms with Crippen molar-refractivity contribution in [2.24, 2.45) is 17.6 Å². The SMILES string of the molecule is NC1CC2CCC(C1)C2. The van der Waals surface area contributed by atoms with Gasteiger partial charge in [0.1, 0.15) is 0 Å². The van der Waals surface area contributed by atoms with Crippen LogP contribution >= 0.6 is 0 Å². The van der Waals surface area contributed by atoms with Gasteiger partial charge in [0.05, 0.1) is 0 Å². The van der Waals surface area contributed by atoms with E-state index in [4.69, 9.17) is 5.73 Å². The molecule has 0 saturated heterocycles. The van der Waals surface area contributed by atoms with E-state index in [0.29, 0.717) is 6.04 Å². The maximum Gasteiger partial charge on any atom is 0.00441 e. The van der Waals surface area contributed by atoms with Gasteiger partial charge >= 0.3 is 0 Å². The third kappa shape index (κ3) is 0.983. The monoisotopic (exact) mass is 125 g/mol. The first-order valence-corrected chi connectivity index (χ1v) is 4.10. The van der Waals surface area contributed by atoms with Crippen LogP contribution in [-0.4, -0.2) is 6.04 Å². The van der Waals surface area contributed by atoms with Crippen molar-refractivity contribution in [2.75, 3.05) is 0 Å². The highest BCUT2D eigenvalue weighted by atomic mass is 14.7. The van der Waals surface area contributed by atoms with Gasteiger partial charge in [-0.25, -0.2) is 0 Å². The summed E-state index contributed by atoms with van der Waals surface area (Å²) in [5.41, 5.74) is 5.86. The molecule has 0 aliphatic heterocycles. The van der Waals surface area contributed by atoms with Gasteiger partial charge in [0, 0.05) is 6.04 Å². The Labute approximate surface area is 56.6 Å². The molecule has 0 aromatic heterocycles. The summed E-state index contributed by atoms with van der Waals surface area (Å²) in [5.74, 6) is 2.03. The lowest BCUT2D eigenvalue weighted by molar-refractivity contribution is 0.320. The Morgan fingerprint density at radius 2 is 1.44 bits per heavy atom. The van der Waals surface area contributed by atoms with Crippen LogP contribution in [0, 0.1) is 11.8 Å². The number of hydrogen-bond acceptors (Lipinski definition) is 1. The molecular weight excluding hydrogens is 110 g/mol. The van der Waals surface area contributed by atoms with Gasteiger partial charge in [-0.1, -0.05) is 12.8 Å². The molecule has 0 aromatic carbocycles. The maximum atomic E-state index is 5.86. The number of hydrogen-bond donors (Lipinski definition) is 1. The van der Waals surface area contributed by atoms with Crippen LogP contribution < -0.4 is 5.73 Å². The van der Waals surface area contributed by atoms with E-state index in [2.05, 4.69) is 0 Å². The molecule has 0 radical (unpaired) electrons. The first kappa shape index (κ1) is 5.72. The molecule has 1 nitrogen and oxygen atoms in total. The fourth-order valence-corrected chi connectivity index (χ4v) is 2.56. The molecule has 0 amide bonds. The normalized spacial score (nSPS) is 49.7. The van der Waals surface area contributed by atoms with Crippen molar-refractivity contribution in [3.63, 3.8) is 0 Å². The van der Waals surface area contributed by atoms with Crippen LogP contribution in [0.25, 0.3) is 0 Å². The molecule has 0 heterocycles. The summed E-state index contributed by atoms with van der Waals surface area (Å²) in [7, 11) is 0. The standard InChI is InChI=1S/C8H15N/c9-8-4-6-1-2-7(3-6)5-8/h6-8H,1-5,9H2. The molecule has 2 rings (SSSR count). The lowest BCUT2D eigenvalue weighted by Gasteiger charge is -2.23. The van der Waals surface area contributed by atoms with Crippen molar-refractivity contribution in [1.82, 2.24) is 0 Å². The molecular formula is C8H15N. The average Bonchev–Trinajstić information content (AvgIpc) is 2.11. The minimum absolute atomic E-state index is 0.552. The van der Waals surface area contributed by atoms with Crippen molar-refractivity contribution in [3.05, 3.63) is 0 Å². The van der Waals surface area contributed by atoms with E-state index in [0.717, 1.165) is 11.8 Å². The van der Waals surface area contributed by atoms with Crippen LogP contribution in [0.4, 0.5) is 0 Å². The largest absolute Gasteiger partial charge is 0.328 e. The summed E-state index contributed by atoms with van der Waals surface area (Å²) >= 11 is 0. The highest BCUT2D eigenvalue weighted by molar-refractivity contribution is 4.86. The maximum absolute atomic E-state index is 5.86. The molecule has 2 bridgehead atoms. The van der Waals surface area contributed by atoms with E-state index in [1.54, 1.807) is 0 Å². The fourth-order valence-electron chi connectivity index (χ4n) is 2.56. The molecule has 2 saturated carbocycles. The lowest BCUT2D eigenvalue weighted by atomic mass is 9.86. The fraction of sp³-hybridized carbons (Fsp3) is 1.00. The predicted molar refractivity (Wildman–Crippen MR) is 38.0 cm³/mol. The van der Waals surface area contributed by atoms with Gasteiger partial charge in [-0.05, 0) is 31.1 Å². The summed E-state index contributed by atoms with van der Waals surface area (Å²) in [6.45, 7) is 0. The first-order valence-electron chi connectivity index (χ1n) is 4.10. The topological polar surface area (TPSA) is 26.0 Å². The molecule has 1 heteroatoms. The zero-order valence-corrected chi connectivity index (χ0v) is 5.84. The second-order valence-electron chi connectivity index (χ2n) is 3.78. The third-order valence-corrected chi connectivity index (χ3v) is 2.92. The number of fused-ring (bicyclic) bond motifs is 2. The first-order chi connectivity index (χ1) is 4.34.